The molecule has 1 aromatic carbocycles. The minimum absolute atomic E-state index is 0.191. The van der Waals surface area contributed by atoms with Crippen molar-refractivity contribution in [1.29, 1.82) is 0 Å². The van der Waals surface area contributed by atoms with Crippen LogP contribution in [0, 0.1) is 0 Å². The Kier molecular flexibility index (Phi) is 6.76. The molecule has 1 aromatic heterocycles. The lowest BCUT2D eigenvalue weighted by Gasteiger charge is -2.20. The largest absolute Gasteiger partial charge is 0.455 e. The van der Waals surface area contributed by atoms with Gasteiger partial charge in [-0.3, -0.25) is 9.59 Å². The SMILES string of the molecule is CC(C)c1cccc(C(C)C)c1NC(=O)COC(=O)Cc1ccsc1. The Morgan fingerprint density at radius 1 is 1.08 bits per heavy atom. The number of amides is 1. The van der Waals surface area contributed by atoms with Crippen molar-refractivity contribution >= 4 is 28.9 Å². The van der Waals surface area contributed by atoms with Gasteiger partial charge in [0, 0.05) is 5.69 Å². The van der Waals surface area contributed by atoms with Crippen molar-refractivity contribution < 1.29 is 14.3 Å². The van der Waals surface area contributed by atoms with E-state index in [0.29, 0.717) is 0 Å². The molecular formula is C20H25NO3S. The number of hydrogen-bond donors (Lipinski definition) is 1. The molecule has 0 unspecified atom stereocenters. The fourth-order valence-electron chi connectivity index (χ4n) is 2.63. The molecule has 5 heteroatoms. The number of esters is 1. The molecule has 0 aliphatic carbocycles. The summed E-state index contributed by atoms with van der Waals surface area (Å²) in [5, 5.41) is 6.75. The Balaban J connectivity index is 2.01. The van der Waals surface area contributed by atoms with Gasteiger partial charge in [0.2, 0.25) is 0 Å². The Morgan fingerprint density at radius 3 is 2.24 bits per heavy atom. The first-order valence-electron chi connectivity index (χ1n) is 8.47. The van der Waals surface area contributed by atoms with Gasteiger partial charge < -0.3 is 10.1 Å². The summed E-state index contributed by atoms with van der Waals surface area (Å²) >= 11 is 1.53. The zero-order valence-corrected chi connectivity index (χ0v) is 16.0. The number of thiophene rings is 1. The number of ether oxygens (including phenoxy) is 1. The van der Waals surface area contributed by atoms with Crippen molar-refractivity contribution in [2.24, 2.45) is 0 Å². The Morgan fingerprint density at radius 2 is 1.72 bits per heavy atom. The molecular weight excluding hydrogens is 334 g/mol. The predicted octanol–water partition coefficient (Wildman–Crippen LogP) is 4.72. The minimum Gasteiger partial charge on any atom is -0.455 e. The number of benzene rings is 1. The number of nitrogens with one attached hydrogen (secondary N) is 1. The van der Waals surface area contributed by atoms with E-state index in [1.54, 1.807) is 0 Å². The van der Waals surface area contributed by atoms with E-state index < -0.39 is 5.97 Å². The quantitative estimate of drug-likeness (QED) is 0.728. The van der Waals surface area contributed by atoms with Crippen LogP contribution in [0.4, 0.5) is 5.69 Å². The van der Waals surface area contributed by atoms with Gasteiger partial charge in [-0.05, 0) is 45.4 Å². The van der Waals surface area contributed by atoms with Crippen molar-refractivity contribution in [3.05, 3.63) is 51.7 Å². The Labute approximate surface area is 153 Å². The molecule has 2 rings (SSSR count). The van der Waals surface area contributed by atoms with E-state index >= 15 is 0 Å². The first-order chi connectivity index (χ1) is 11.9. The first-order valence-corrected chi connectivity index (χ1v) is 9.42. The fraction of sp³-hybridized carbons (Fsp3) is 0.400. The lowest BCUT2D eigenvalue weighted by molar-refractivity contribution is -0.146. The highest BCUT2D eigenvalue weighted by molar-refractivity contribution is 7.07. The van der Waals surface area contributed by atoms with Crippen molar-refractivity contribution in [3.63, 3.8) is 0 Å². The van der Waals surface area contributed by atoms with Crippen LogP contribution in [-0.4, -0.2) is 18.5 Å². The standard InChI is InChI=1S/C20H25NO3S/c1-13(2)16-6-5-7-17(14(3)4)20(16)21-18(22)11-24-19(23)10-15-8-9-25-12-15/h5-9,12-14H,10-11H2,1-4H3,(H,21,22). The predicted molar refractivity (Wildman–Crippen MR) is 102 cm³/mol. The Hall–Kier alpha value is -2.14. The Bertz CT molecular complexity index is 694. The molecule has 1 heterocycles. The van der Waals surface area contributed by atoms with Gasteiger partial charge >= 0.3 is 5.97 Å². The second-order valence-corrected chi connectivity index (χ2v) is 7.42. The second kappa shape index (κ2) is 8.81. The highest BCUT2D eigenvalue weighted by Crippen LogP contribution is 2.32. The molecule has 0 fully saturated rings. The average Bonchev–Trinajstić information content (AvgIpc) is 3.05. The number of rotatable bonds is 7. The monoisotopic (exact) mass is 359 g/mol. The van der Waals surface area contributed by atoms with Crippen LogP contribution in [0.1, 0.15) is 56.2 Å². The van der Waals surface area contributed by atoms with Gasteiger partial charge in [0.15, 0.2) is 6.61 Å². The van der Waals surface area contributed by atoms with Gasteiger partial charge in [0.1, 0.15) is 0 Å². The third-order valence-corrected chi connectivity index (χ3v) is 4.66. The summed E-state index contributed by atoms with van der Waals surface area (Å²) in [7, 11) is 0. The first kappa shape index (κ1) is 19.2. The van der Waals surface area contributed by atoms with Crippen molar-refractivity contribution in [2.75, 3.05) is 11.9 Å². The third kappa shape index (κ3) is 5.43. The summed E-state index contributed by atoms with van der Waals surface area (Å²) in [6.07, 6.45) is 0.191. The van der Waals surface area contributed by atoms with Crippen molar-refractivity contribution in [1.82, 2.24) is 0 Å². The maximum absolute atomic E-state index is 12.3. The molecule has 0 atom stereocenters. The molecule has 0 spiro atoms. The molecule has 2 aromatic rings. The molecule has 1 N–H and O–H groups in total. The van der Waals surface area contributed by atoms with Crippen LogP contribution in [0.3, 0.4) is 0 Å². The minimum atomic E-state index is -0.394. The summed E-state index contributed by atoms with van der Waals surface area (Å²) in [6.45, 7) is 8.10. The van der Waals surface area contributed by atoms with Gasteiger partial charge in [0.05, 0.1) is 6.42 Å². The van der Waals surface area contributed by atoms with Crippen LogP contribution < -0.4 is 5.32 Å². The molecule has 0 saturated heterocycles. The summed E-state index contributed by atoms with van der Waals surface area (Å²) in [5.41, 5.74) is 3.92. The highest BCUT2D eigenvalue weighted by Gasteiger charge is 2.17. The van der Waals surface area contributed by atoms with Crippen LogP contribution in [-0.2, 0) is 20.7 Å². The lowest BCUT2D eigenvalue weighted by Crippen LogP contribution is -2.23. The van der Waals surface area contributed by atoms with E-state index in [1.807, 2.05) is 35.0 Å². The van der Waals surface area contributed by atoms with Gasteiger partial charge in [-0.25, -0.2) is 0 Å². The maximum atomic E-state index is 12.3. The molecule has 4 nitrogen and oxygen atoms in total. The maximum Gasteiger partial charge on any atom is 0.310 e. The summed E-state index contributed by atoms with van der Waals surface area (Å²) in [5.74, 6) is -0.131. The topological polar surface area (TPSA) is 55.4 Å². The molecule has 0 aliphatic rings. The van der Waals surface area contributed by atoms with Crippen LogP contribution in [0.25, 0.3) is 0 Å². The number of para-hydroxylation sites is 1. The van der Waals surface area contributed by atoms with Crippen LogP contribution >= 0.6 is 11.3 Å². The lowest BCUT2D eigenvalue weighted by atomic mass is 9.92. The van der Waals surface area contributed by atoms with E-state index in [-0.39, 0.29) is 30.8 Å². The number of hydrogen-bond acceptors (Lipinski definition) is 4. The van der Waals surface area contributed by atoms with Gasteiger partial charge in [0.25, 0.3) is 5.91 Å². The highest BCUT2D eigenvalue weighted by atomic mass is 32.1. The third-order valence-electron chi connectivity index (χ3n) is 3.93. The number of anilines is 1. The van der Waals surface area contributed by atoms with Crippen molar-refractivity contribution in [3.8, 4) is 0 Å². The van der Waals surface area contributed by atoms with E-state index in [1.165, 1.54) is 11.3 Å². The second-order valence-electron chi connectivity index (χ2n) is 6.64. The van der Waals surface area contributed by atoms with Crippen LogP contribution in [0.5, 0.6) is 0 Å². The summed E-state index contributed by atoms with van der Waals surface area (Å²) in [4.78, 5) is 24.1. The van der Waals surface area contributed by atoms with Gasteiger partial charge in [-0.1, -0.05) is 45.9 Å². The fourth-order valence-corrected chi connectivity index (χ4v) is 3.30. The van der Waals surface area contributed by atoms with E-state index in [4.69, 9.17) is 4.74 Å². The normalized spacial score (nSPS) is 11.0. The number of carbonyl (C=O) groups excluding carboxylic acids is 2. The molecule has 134 valence electrons. The van der Waals surface area contributed by atoms with E-state index in [0.717, 1.165) is 22.4 Å². The van der Waals surface area contributed by atoms with Gasteiger partial charge in [-0.2, -0.15) is 11.3 Å². The van der Waals surface area contributed by atoms with Gasteiger partial charge in [-0.15, -0.1) is 0 Å². The molecule has 0 saturated carbocycles. The van der Waals surface area contributed by atoms with Crippen LogP contribution in [0.2, 0.25) is 0 Å². The average molecular weight is 359 g/mol. The van der Waals surface area contributed by atoms with Crippen LogP contribution in [0.15, 0.2) is 35.0 Å². The summed E-state index contributed by atoms with van der Waals surface area (Å²) in [6, 6.07) is 7.93. The summed E-state index contributed by atoms with van der Waals surface area (Å²) < 4.78 is 5.10. The zero-order chi connectivity index (χ0) is 18.4. The van der Waals surface area contributed by atoms with Crippen molar-refractivity contribution in [2.45, 2.75) is 46.0 Å². The van der Waals surface area contributed by atoms with E-state index in [9.17, 15) is 9.59 Å². The van der Waals surface area contributed by atoms with E-state index in [2.05, 4.69) is 33.0 Å². The molecule has 0 aliphatic heterocycles. The molecule has 0 radical (unpaired) electrons. The zero-order valence-electron chi connectivity index (χ0n) is 15.2. The molecule has 1 amide bonds. The number of carbonyl (C=O) groups is 2. The molecule has 0 bridgehead atoms. The smallest absolute Gasteiger partial charge is 0.310 e. The molecule has 25 heavy (non-hydrogen) atoms.